The average molecular weight is 351 g/mol. The fourth-order valence-corrected chi connectivity index (χ4v) is 3.80. The molecule has 0 radical (unpaired) electrons. The Labute approximate surface area is 156 Å². The second kappa shape index (κ2) is 8.35. The highest BCUT2D eigenvalue weighted by molar-refractivity contribution is 5.98. The minimum atomic E-state index is 0.0233. The lowest BCUT2D eigenvalue weighted by molar-refractivity contribution is 0.0827. The standard InChI is InChI=1S/C22H29N3O/c1-17-8-4-5-10-19(17)13-12-18-9-7-15-25(16-18)21-20(11-6-14-23-21)22(26)24(2)3/h4-6,8,10-11,14,18H,7,9,12-13,15-16H2,1-3H3. The van der Waals surface area contributed by atoms with Crippen molar-refractivity contribution in [1.82, 2.24) is 9.88 Å². The van der Waals surface area contributed by atoms with Crippen LogP contribution in [0.15, 0.2) is 42.6 Å². The van der Waals surface area contributed by atoms with Crippen LogP contribution in [0.5, 0.6) is 0 Å². The van der Waals surface area contributed by atoms with E-state index >= 15 is 0 Å². The monoisotopic (exact) mass is 351 g/mol. The smallest absolute Gasteiger partial charge is 0.257 e. The number of nitrogens with zero attached hydrogens (tertiary/aromatic N) is 3. The van der Waals surface area contributed by atoms with Gasteiger partial charge in [-0.2, -0.15) is 0 Å². The number of amides is 1. The van der Waals surface area contributed by atoms with Crippen molar-refractivity contribution in [3.8, 4) is 0 Å². The molecule has 1 aromatic heterocycles. The highest BCUT2D eigenvalue weighted by Gasteiger charge is 2.25. The molecule has 0 bridgehead atoms. The molecule has 2 aromatic rings. The maximum atomic E-state index is 12.5. The van der Waals surface area contributed by atoms with E-state index in [0.717, 1.165) is 31.7 Å². The van der Waals surface area contributed by atoms with Gasteiger partial charge >= 0.3 is 0 Å². The first-order chi connectivity index (χ1) is 12.6. The second-order valence-corrected chi connectivity index (χ2v) is 7.49. The van der Waals surface area contributed by atoms with E-state index in [0.29, 0.717) is 11.5 Å². The first-order valence-corrected chi connectivity index (χ1v) is 9.52. The number of hydrogen-bond donors (Lipinski definition) is 0. The number of pyridine rings is 1. The van der Waals surface area contributed by atoms with E-state index in [1.165, 1.54) is 24.0 Å². The zero-order valence-electron chi connectivity index (χ0n) is 16.1. The maximum Gasteiger partial charge on any atom is 0.257 e. The van der Waals surface area contributed by atoms with E-state index in [9.17, 15) is 4.79 Å². The Morgan fingerprint density at radius 2 is 2.04 bits per heavy atom. The molecule has 138 valence electrons. The molecular weight excluding hydrogens is 322 g/mol. The summed E-state index contributed by atoms with van der Waals surface area (Å²) in [5.41, 5.74) is 3.53. The summed E-state index contributed by atoms with van der Waals surface area (Å²) in [6.45, 7) is 4.15. The summed E-state index contributed by atoms with van der Waals surface area (Å²) in [7, 11) is 3.58. The Balaban J connectivity index is 1.69. The summed E-state index contributed by atoms with van der Waals surface area (Å²) < 4.78 is 0. The van der Waals surface area contributed by atoms with E-state index in [1.807, 2.05) is 12.1 Å². The third-order valence-corrected chi connectivity index (χ3v) is 5.32. The molecular formula is C22H29N3O. The highest BCUT2D eigenvalue weighted by atomic mass is 16.2. The van der Waals surface area contributed by atoms with Gasteiger partial charge in [-0.15, -0.1) is 0 Å². The fraction of sp³-hybridized carbons (Fsp3) is 0.455. The van der Waals surface area contributed by atoms with Crippen molar-refractivity contribution < 1.29 is 4.79 Å². The lowest BCUT2D eigenvalue weighted by Crippen LogP contribution is -2.38. The molecule has 3 rings (SSSR count). The lowest BCUT2D eigenvalue weighted by atomic mass is 9.90. The second-order valence-electron chi connectivity index (χ2n) is 7.49. The molecule has 0 aliphatic carbocycles. The Morgan fingerprint density at radius 1 is 1.23 bits per heavy atom. The molecule has 4 nitrogen and oxygen atoms in total. The van der Waals surface area contributed by atoms with Crippen molar-refractivity contribution in [3.05, 3.63) is 59.3 Å². The summed E-state index contributed by atoms with van der Waals surface area (Å²) in [5, 5.41) is 0. The Hall–Kier alpha value is -2.36. The Morgan fingerprint density at radius 3 is 2.81 bits per heavy atom. The summed E-state index contributed by atoms with van der Waals surface area (Å²) >= 11 is 0. The third kappa shape index (κ3) is 4.24. The summed E-state index contributed by atoms with van der Waals surface area (Å²) in [5.74, 6) is 1.51. The number of aromatic nitrogens is 1. The van der Waals surface area contributed by atoms with Crippen LogP contribution in [0.3, 0.4) is 0 Å². The van der Waals surface area contributed by atoms with Crippen LogP contribution >= 0.6 is 0 Å². The van der Waals surface area contributed by atoms with Crippen LogP contribution in [0, 0.1) is 12.8 Å². The van der Waals surface area contributed by atoms with Gasteiger partial charge in [0.25, 0.3) is 5.91 Å². The van der Waals surface area contributed by atoms with Crippen LogP contribution in [0.25, 0.3) is 0 Å². The molecule has 0 N–H and O–H groups in total. The minimum absolute atomic E-state index is 0.0233. The van der Waals surface area contributed by atoms with Gasteiger partial charge in [0, 0.05) is 33.4 Å². The highest BCUT2D eigenvalue weighted by Crippen LogP contribution is 2.27. The van der Waals surface area contributed by atoms with Crippen LogP contribution in [0.4, 0.5) is 5.82 Å². The van der Waals surface area contributed by atoms with Crippen molar-refractivity contribution in [3.63, 3.8) is 0 Å². The van der Waals surface area contributed by atoms with Gasteiger partial charge in [-0.05, 0) is 61.8 Å². The lowest BCUT2D eigenvalue weighted by Gasteiger charge is -2.34. The molecule has 1 aliphatic rings. The molecule has 1 fully saturated rings. The molecule has 1 unspecified atom stereocenters. The zero-order chi connectivity index (χ0) is 18.5. The van der Waals surface area contributed by atoms with Crippen LogP contribution in [-0.2, 0) is 6.42 Å². The van der Waals surface area contributed by atoms with Gasteiger partial charge in [0.2, 0.25) is 0 Å². The largest absolute Gasteiger partial charge is 0.356 e. The molecule has 4 heteroatoms. The van der Waals surface area contributed by atoms with E-state index in [1.54, 1.807) is 25.2 Å². The van der Waals surface area contributed by atoms with Crippen molar-refractivity contribution in [1.29, 1.82) is 0 Å². The first-order valence-electron chi connectivity index (χ1n) is 9.52. The topological polar surface area (TPSA) is 36.4 Å². The molecule has 1 atom stereocenters. The van der Waals surface area contributed by atoms with Gasteiger partial charge in [-0.25, -0.2) is 4.98 Å². The number of benzene rings is 1. The van der Waals surface area contributed by atoms with E-state index < -0.39 is 0 Å². The maximum absolute atomic E-state index is 12.5. The van der Waals surface area contributed by atoms with Gasteiger partial charge in [-0.3, -0.25) is 4.79 Å². The van der Waals surface area contributed by atoms with Crippen molar-refractivity contribution in [2.75, 3.05) is 32.1 Å². The molecule has 26 heavy (non-hydrogen) atoms. The molecule has 0 spiro atoms. The normalized spacial score (nSPS) is 17.2. The van der Waals surface area contributed by atoms with Crippen LogP contribution in [0.1, 0.15) is 40.7 Å². The number of piperidine rings is 1. The zero-order valence-corrected chi connectivity index (χ0v) is 16.1. The number of anilines is 1. The van der Waals surface area contributed by atoms with Crippen LogP contribution < -0.4 is 4.90 Å². The Bertz CT molecular complexity index is 757. The van der Waals surface area contributed by atoms with E-state index in [-0.39, 0.29) is 5.91 Å². The molecule has 0 saturated carbocycles. The number of carbonyl (C=O) groups excluding carboxylic acids is 1. The first kappa shape index (κ1) is 18.4. The fourth-order valence-electron chi connectivity index (χ4n) is 3.80. The quantitative estimate of drug-likeness (QED) is 0.819. The predicted octanol–water partition coefficient (Wildman–Crippen LogP) is 3.94. The van der Waals surface area contributed by atoms with Gasteiger partial charge in [-0.1, -0.05) is 24.3 Å². The third-order valence-electron chi connectivity index (χ3n) is 5.32. The molecule has 1 aliphatic heterocycles. The summed E-state index contributed by atoms with van der Waals surface area (Å²) in [6, 6.07) is 12.4. The van der Waals surface area contributed by atoms with Gasteiger partial charge in [0.1, 0.15) is 5.82 Å². The number of hydrogen-bond acceptors (Lipinski definition) is 3. The predicted molar refractivity (Wildman–Crippen MR) is 107 cm³/mol. The van der Waals surface area contributed by atoms with Crippen molar-refractivity contribution in [2.45, 2.75) is 32.6 Å². The van der Waals surface area contributed by atoms with E-state index in [2.05, 4.69) is 41.1 Å². The van der Waals surface area contributed by atoms with E-state index in [4.69, 9.17) is 0 Å². The Kier molecular flexibility index (Phi) is 5.92. The summed E-state index contributed by atoms with van der Waals surface area (Å²) in [4.78, 5) is 21.0. The molecule has 1 amide bonds. The number of rotatable bonds is 5. The minimum Gasteiger partial charge on any atom is -0.356 e. The molecule has 1 saturated heterocycles. The van der Waals surface area contributed by atoms with Crippen LogP contribution in [0.2, 0.25) is 0 Å². The van der Waals surface area contributed by atoms with Crippen molar-refractivity contribution >= 4 is 11.7 Å². The SMILES string of the molecule is Cc1ccccc1CCC1CCCN(c2ncccc2C(=O)N(C)C)C1. The van der Waals surface area contributed by atoms with Gasteiger partial charge < -0.3 is 9.80 Å². The molecule has 1 aromatic carbocycles. The van der Waals surface area contributed by atoms with Crippen molar-refractivity contribution in [2.24, 2.45) is 5.92 Å². The summed E-state index contributed by atoms with van der Waals surface area (Å²) in [6.07, 6.45) is 6.51. The van der Waals surface area contributed by atoms with Gasteiger partial charge in [0.05, 0.1) is 5.56 Å². The van der Waals surface area contributed by atoms with Gasteiger partial charge in [0.15, 0.2) is 0 Å². The number of carbonyl (C=O) groups is 1. The average Bonchev–Trinajstić information content (AvgIpc) is 2.67. The molecule has 2 heterocycles. The van der Waals surface area contributed by atoms with Crippen LogP contribution in [-0.4, -0.2) is 43.0 Å². The number of aryl methyl sites for hydroxylation is 2.